The Labute approximate surface area is 154 Å². The maximum atomic E-state index is 12.6. The van der Waals surface area contributed by atoms with E-state index >= 15 is 0 Å². The van der Waals surface area contributed by atoms with Crippen molar-refractivity contribution < 1.29 is 14.3 Å². The van der Waals surface area contributed by atoms with Gasteiger partial charge in [-0.05, 0) is 56.2 Å². The van der Waals surface area contributed by atoms with Crippen LogP contribution in [0.15, 0.2) is 48.5 Å². The highest BCUT2D eigenvalue weighted by Gasteiger charge is 2.29. The van der Waals surface area contributed by atoms with Crippen LogP contribution in [-0.2, 0) is 16.0 Å². The van der Waals surface area contributed by atoms with Gasteiger partial charge in [-0.3, -0.25) is 4.79 Å². The monoisotopic (exact) mass is 352 g/mol. The van der Waals surface area contributed by atoms with Crippen LogP contribution in [0, 0.1) is 0 Å². The van der Waals surface area contributed by atoms with E-state index in [-0.39, 0.29) is 17.9 Å². The summed E-state index contributed by atoms with van der Waals surface area (Å²) in [7, 11) is 0. The first kappa shape index (κ1) is 18.0. The average molecular weight is 352 g/mol. The maximum absolute atomic E-state index is 12.6. The Bertz CT molecular complexity index is 786. The third kappa shape index (κ3) is 3.87. The molecule has 0 saturated heterocycles. The lowest BCUT2D eigenvalue weighted by molar-refractivity contribution is -0.118. The number of carbonyl (C=O) groups is 2. The van der Waals surface area contributed by atoms with E-state index in [0.717, 1.165) is 17.8 Å². The molecule has 1 unspecified atom stereocenters. The second-order valence-corrected chi connectivity index (χ2v) is 6.42. The van der Waals surface area contributed by atoms with Gasteiger partial charge in [0.05, 0.1) is 12.2 Å². The van der Waals surface area contributed by atoms with E-state index in [9.17, 15) is 9.59 Å². The lowest BCUT2D eigenvalue weighted by atomic mass is 10.1. The van der Waals surface area contributed by atoms with Crippen LogP contribution < -0.4 is 10.2 Å². The van der Waals surface area contributed by atoms with Crippen molar-refractivity contribution in [2.24, 2.45) is 0 Å². The minimum atomic E-state index is -0.323. The highest BCUT2D eigenvalue weighted by molar-refractivity contribution is 5.96. The van der Waals surface area contributed by atoms with E-state index in [0.29, 0.717) is 25.1 Å². The highest BCUT2D eigenvalue weighted by atomic mass is 16.5. The molecule has 0 aromatic heterocycles. The van der Waals surface area contributed by atoms with Gasteiger partial charge in [0.1, 0.15) is 0 Å². The molecule has 1 aliphatic heterocycles. The van der Waals surface area contributed by atoms with Crippen LogP contribution in [0.3, 0.4) is 0 Å². The van der Waals surface area contributed by atoms with Crippen molar-refractivity contribution in [1.29, 1.82) is 0 Å². The topological polar surface area (TPSA) is 58.6 Å². The largest absolute Gasteiger partial charge is 0.462 e. The quantitative estimate of drug-likeness (QED) is 0.807. The maximum Gasteiger partial charge on any atom is 0.338 e. The highest BCUT2D eigenvalue weighted by Crippen LogP contribution is 2.32. The van der Waals surface area contributed by atoms with Crippen LogP contribution >= 0.6 is 0 Å². The first-order chi connectivity index (χ1) is 12.6. The van der Waals surface area contributed by atoms with Gasteiger partial charge in [0.25, 0.3) is 0 Å². The summed E-state index contributed by atoms with van der Waals surface area (Å²) in [6.07, 6.45) is 1.32. The van der Waals surface area contributed by atoms with E-state index in [2.05, 4.69) is 18.3 Å². The number of anilines is 2. The number of esters is 1. The Morgan fingerprint density at radius 3 is 2.62 bits per heavy atom. The van der Waals surface area contributed by atoms with Gasteiger partial charge in [0.2, 0.25) is 5.91 Å². The van der Waals surface area contributed by atoms with Crippen molar-refractivity contribution in [2.75, 3.05) is 23.4 Å². The molecule has 0 saturated carbocycles. The van der Waals surface area contributed by atoms with Crippen LogP contribution in [0.5, 0.6) is 0 Å². The van der Waals surface area contributed by atoms with Gasteiger partial charge in [-0.2, -0.15) is 0 Å². The van der Waals surface area contributed by atoms with Crippen LogP contribution in [0.1, 0.15) is 36.2 Å². The summed E-state index contributed by atoms with van der Waals surface area (Å²) in [6.45, 7) is 4.77. The number of carbonyl (C=O) groups excluding carboxylic acids is 2. The molecule has 5 nitrogen and oxygen atoms in total. The molecule has 1 aliphatic rings. The van der Waals surface area contributed by atoms with Crippen molar-refractivity contribution >= 4 is 23.3 Å². The standard InChI is InChI=1S/C21H24N2O3/c1-3-26-21(25)16-8-10-18(11-9-16)22-13-12-20(24)23-15(2)14-17-6-4-5-7-19(17)23/h4-11,15,22H,3,12-14H2,1-2H3. The molecule has 0 radical (unpaired) electrons. The molecule has 1 atom stereocenters. The van der Waals surface area contributed by atoms with Crippen LogP contribution in [0.2, 0.25) is 0 Å². The van der Waals surface area contributed by atoms with Crippen molar-refractivity contribution in [3.63, 3.8) is 0 Å². The third-order valence-electron chi connectivity index (χ3n) is 4.54. The molecule has 136 valence electrons. The fraction of sp³-hybridized carbons (Fsp3) is 0.333. The van der Waals surface area contributed by atoms with Crippen LogP contribution in [0.4, 0.5) is 11.4 Å². The van der Waals surface area contributed by atoms with Gasteiger partial charge in [-0.1, -0.05) is 18.2 Å². The lowest BCUT2D eigenvalue weighted by Gasteiger charge is -2.23. The van der Waals surface area contributed by atoms with E-state index in [1.165, 1.54) is 5.56 Å². The number of rotatable bonds is 6. The number of nitrogens with zero attached hydrogens (tertiary/aromatic N) is 1. The number of ether oxygens (including phenoxy) is 1. The summed E-state index contributed by atoms with van der Waals surface area (Å²) in [5.41, 5.74) is 3.66. The third-order valence-corrected chi connectivity index (χ3v) is 4.54. The molecular weight excluding hydrogens is 328 g/mol. The Morgan fingerprint density at radius 1 is 1.15 bits per heavy atom. The fourth-order valence-electron chi connectivity index (χ4n) is 3.32. The molecule has 1 heterocycles. The van der Waals surface area contributed by atoms with Gasteiger partial charge < -0.3 is 15.0 Å². The molecule has 0 aliphatic carbocycles. The van der Waals surface area contributed by atoms with Gasteiger partial charge >= 0.3 is 5.97 Å². The summed E-state index contributed by atoms with van der Waals surface area (Å²) in [5.74, 6) is -0.200. The Balaban J connectivity index is 1.53. The molecule has 0 fully saturated rings. The summed E-state index contributed by atoms with van der Waals surface area (Å²) < 4.78 is 4.97. The van der Waals surface area contributed by atoms with E-state index in [4.69, 9.17) is 4.74 Å². The number of hydrogen-bond acceptors (Lipinski definition) is 4. The second kappa shape index (κ2) is 8.04. The Kier molecular flexibility index (Phi) is 5.56. The average Bonchev–Trinajstić information content (AvgIpc) is 2.98. The van der Waals surface area contributed by atoms with Crippen molar-refractivity contribution in [1.82, 2.24) is 0 Å². The number of nitrogens with one attached hydrogen (secondary N) is 1. The first-order valence-electron chi connectivity index (χ1n) is 9.01. The van der Waals surface area contributed by atoms with Crippen molar-refractivity contribution in [3.05, 3.63) is 59.7 Å². The molecule has 0 spiro atoms. The number of fused-ring (bicyclic) bond motifs is 1. The molecule has 2 aromatic carbocycles. The number of amides is 1. The minimum Gasteiger partial charge on any atom is -0.462 e. The zero-order chi connectivity index (χ0) is 18.5. The SMILES string of the molecule is CCOC(=O)c1ccc(NCCC(=O)N2c3ccccc3CC2C)cc1. The predicted octanol–water partition coefficient (Wildman–Crippen LogP) is 3.64. The number of hydrogen-bond donors (Lipinski definition) is 1. The van der Waals surface area contributed by atoms with Gasteiger partial charge in [0.15, 0.2) is 0 Å². The van der Waals surface area contributed by atoms with Gasteiger partial charge in [0, 0.05) is 30.4 Å². The minimum absolute atomic E-state index is 0.123. The number of benzene rings is 2. The van der Waals surface area contributed by atoms with E-state index in [1.54, 1.807) is 19.1 Å². The second-order valence-electron chi connectivity index (χ2n) is 6.42. The molecule has 26 heavy (non-hydrogen) atoms. The molecule has 1 amide bonds. The zero-order valence-electron chi connectivity index (χ0n) is 15.2. The Hall–Kier alpha value is -2.82. The number of para-hydroxylation sites is 1. The first-order valence-corrected chi connectivity index (χ1v) is 9.01. The Morgan fingerprint density at radius 2 is 1.88 bits per heavy atom. The smallest absolute Gasteiger partial charge is 0.338 e. The fourth-order valence-corrected chi connectivity index (χ4v) is 3.32. The molecule has 2 aromatic rings. The van der Waals surface area contributed by atoms with Crippen molar-refractivity contribution in [3.8, 4) is 0 Å². The van der Waals surface area contributed by atoms with Crippen molar-refractivity contribution in [2.45, 2.75) is 32.7 Å². The molecule has 3 rings (SSSR count). The molecular formula is C21H24N2O3. The van der Waals surface area contributed by atoms with E-state index in [1.807, 2.05) is 35.2 Å². The lowest BCUT2D eigenvalue weighted by Crippen LogP contribution is -2.36. The van der Waals surface area contributed by atoms with Gasteiger partial charge in [-0.15, -0.1) is 0 Å². The molecule has 1 N–H and O–H groups in total. The molecule has 5 heteroatoms. The van der Waals surface area contributed by atoms with Crippen LogP contribution in [0.25, 0.3) is 0 Å². The summed E-state index contributed by atoms with van der Waals surface area (Å²) >= 11 is 0. The van der Waals surface area contributed by atoms with Crippen LogP contribution in [-0.4, -0.2) is 31.1 Å². The summed E-state index contributed by atoms with van der Waals surface area (Å²) in [4.78, 5) is 26.2. The zero-order valence-corrected chi connectivity index (χ0v) is 15.2. The summed E-state index contributed by atoms with van der Waals surface area (Å²) in [5, 5.41) is 3.24. The van der Waals surface area contributed by atoms with E-state index < -0.39 is 0 Å². The molecule has 0 bridgehead atoms. The summed E-state index contributed by atoms with van der Waals surface area (Å²) in [6, 6.07) is 15.4. The van der Waals surface area contributed by atoms with Gasteiger partial charge in [-0.25, -0.2) is 4.79 Å². The normalized spacial score (nSPS) is 15.5. The predicted molar refractivity (Wildman–Crippen MR) is 103 cm³/mol.